The van der Waals surface area contributed by atoms with Crippen molar-refractivity contribution in [1.29, 1.82) is 5.26 Å². The molecular weight excluding hydrogens is 250 g/mol. The molecule has 2 aromatic rings. The zero-order valence-corrected chi connectivity index (χ0v) is 11.2. The van der Waals surface area contributed by atoms with Gasteiger partial charge >= 0.3 is 0 Å². The third-order valence-electron chi connectivity index (χ3n) is 3.79. The minimum atomic E-state index is -0.183. The molecule has 0 amide bonds. The summed E-state index contributed by atoms with van der Waals surface area (Å²) in [6.45, 7) is 0.467. The summed E-state index contributed by atoms with van der Waals surface area (Å²) in [7, 11) is 0. The zero-order chi connectivity index (χ0) is 13.9. The molecule has 0 aromatic carbocycles. The van der Waals surface area contributed by atoms with Crippen molar-refractivity contribution in [3.8, 4) is 6.07 Å². The highest BCUT2D eigenvalue weighted by Crippen LogP contribution is 2.22. The van der Waals surface area contributed by atoms with Crippen LogP contribution in [-0.2, 0) is 19.4 Å². The van der Waals surface area contributed by atoms with Crippen LogP contribution in [-0.4, -0.2) is 9.55 Å². The molecule has 0 saturated carbocycles. The van der Waals surface area contributed by atoms with E-state index in [1.807, 2.05) is 18.3 Å². The lowest BCUT2D eigenvalue weighted by atomic mass is 9.90. The van der Waals surface area contributed by atoms with E-state index in [0.29, 0.717) is 12.1 Å². The van der Waals surface area contributed by atoms with E-state index >= 15 is 0 Å². The Balaban J connectivity index is 2.08. The van der Waals surface area contributed by atoms with Crippen molar-refractivity contribution in [2.75, 3.05) is 0 Å². The molecule has 4 nitrogen and oxygen atoms in total. The van der Waals surface area contributed by atoms with E-state index in [0.717, 1.165) is 42.4 Å². The van der Waals surface area contributed by atoms with Crippen LogP contribution in [0.4, 0.5) is 0 Å². The van der Waals surface area contributed by atoms with E-state index in [1.165, 1.54) is 0 Å². The number of aromatic nitrogens is 2. The van der Waals surface area contributed by atoms with E-state index in [9.17, 15) is 10.1 Å². The van der Waals surface area contributed by atoms with Gasteiger partial charge in [-0.15, -0.1) is 0 Å². The normalized spacial score (nSPS) is 13.6. The molecular formula is C16H15N3O. The Kier molecular flexibility index (Phi) is 3.34. The number of aryl methyl sites for hydroxylation is 1. The third kappa shape index (κ3) is 2.23. The molecule has 0 saturated heterocycles. The minimum absolute atomic E-state index is 0.183. The number of hydrogen-bond acceptors (Lipinski definition) is 3. The van der Waals surface area contributed by atoms with Gasteiger partial charge in [-0.05, 0) is 48.4 Å². The molecule has 0 radical (unpaired) electrons. The van der Waals surface area contributed by atoms with Gasteiger partial charge in [-0.25, -0.2) is 0 Å². The second-order valence-corrected chi connectivity index (χ2v) is 5.12. The first kappa shape index (κ1) is 12.6. The van der Waals surface area contributed by atoms with Crippen molar-refractivity contribution in [3.63, 3.8) is 0 Å². The molecule has 100 valence electrons. The molecule has 2 aromatic heterocycles. The van der Waals surface area contributed by atoms with E-state index in [-0.39, 0.29) is 5.56 Å². The average molecular weight is 265 g/mol. The quantitative estimate of drug-likeness (QED) is 0.835. The van der Waals surface area contributed by atoms with Gasteiger partial charge in [-0.1, -0.05) is 6.07 Å². The Bertz CT molecular complexity index is 726. The SMILES string of the molecule is N#Cc1c2c(cn(Cc3cccnc3)c1=O)CCCC2. The van der Waals surface area contributed by atoms with Gasteiger partial charge in [0.05, 0.1) is 6.54 Å². The van der Waals surface area contributed by atoms with Gasteiger partial charge in [-0.3, -0.25) is 9.78 Å². The Hall–Kier alpha value is -2.41. The topological polar surface area (TPSA) is 58.7 Å². The first-order chi connectivity index (χ1) is 9.79. The van der Waals surface area contributed by atoms with Crippen molar-refractivity contribution in [2.45, 2.75) is 32.2 Å². The first-order valence-corrected chi connectivity index (χ1v) is 6.84. The summed E-state index contributed by atoms with van der Waals surface area (Å²) >= 11 is 0. The number of fused-ring (bicyclic) bond motifs is 1. The Morgan fingerprint density at radius 1 is 1.35 bits per heavy atom. The standard InChI is InChI=1S/C16H15N3O/c17-8-15-14-6-2-1-5-13(14)11-19(16(15)20)10-12-4-3-7-18-9-12/h3-4,7,9,11H,1-2,5-6,10H2. The molecule has 1 aliphatic rings. The molecule has 2 heterocycles. The molecule has 3 rings (SSSR count). The van der Waals surface area contributed by atoms with Gasteiger partial charge in [0.1, 0.15) is 11.6 Å². The number of hydrogen-bond donors (Lipinski definition) is 0. The van der Waals surface area contributed by atoms with Crippen LogP contribution < -0.4 is 5.56 Å². The van der Waals surface area contributed by atoms with Crippen molar-refractivity contribution in [3.05, 3.63) is 63.3 Å². The van der Waals surface area contributed by atoms with Gasteiger partial charge in [0.15, 0.2) is 0 Å². The monoisotopic (exact) mass is 265 g/mol. The summed E-state index contributed by atoms with van der Waals surface area (Å²) in [4.78, 5) is 16.5. The Labute approximate surface area is 117 Å². The fourth-order valence-electron chi connectivity index (χ4n) is 2.80. The van der Waals surface area contributed by atoms with E-state index in [4.69, 9.17) is 0 Å². The summed E-state index contributed by atoms with van der Waals surface area (Å²) in [5.74, 6) is 0. The van der Waals surface area contributed by atoms with Gasteiger partial charge < -0.3 is 4.57 Å². The van der Waals surface area contributed by atoms with Crippen LogP contribution in [0, 0.1) is 11.3 Å². The number of rotatable bonds is 2. The summed E-state index contributed by atoms with van der Waals surface area (Å²) in [5, 5.41) is 9.29. The average Bonchev–Trinajstić information content (AvgIpc) is 2.49. The number of nitrogens with zero attached hydrogens (tertiary/aromatic N) is 3. The fourth-order valence-corrected chi connectivity index (χ4v) is 2.80. The summed E-state index contributed by atoms with van der Waals surface area (Å²) in [5.41, 5.74) is 3.22. The zero-order valence-electron chi connectivity index (χ0n) is 11.2. The summed E-state index contributed by atoms with van der Waals surface area (Å²) in [6.07, 6.45) is 9.37. The maximum atomic E-state index is 12.4. The minimum Gasteiger partial charge on any atom is -0.310 e. The van der Waals surface area contributed by atoms with Crippen LogP contribution in [0.15, 0.2) is 35.5 Å². The highest BCUT2D eigenvalue weighted by molar-refractivity contribution is 5.42. The molecule has 0 N–H and O–H groups in total. The molecule has 0 aliphatic heterocycles. The van der Waals surface area contributed by atoms with Crippen molar-refractivity contribution in [1.82, 2.24) is 9.55 Å². The van der Waals surface area contributed by atoms with E-state index in [1.54, 1.807) is 17.0 Å². The molecule has 0 atom stereocenters. The maximum absolute atomic E-state index is 12.4. The van der Waals surface area contributed by atoms with Crippen molar-refractivity contribution in [2.24, 2.45) is 0 Å². The van der Waals surface area contributed by atoms with Crippen LogP contribution in [0.3, 0.4) is 0 Å². The fraction of sp³-hybridized carbons (Fsp3) is 0.312. The Morgan fingerprint density at radius 2 is 2.20 bits per heavy atom. The molecule has 0 fully saturated rings. The Morgan fingerprint density at radius 3 is 2.95 bits per heavy atom. The molecule has 4 heteroatoms. The number of pyridine rings is 2. The first-order valence-electron chi connectivity index (χ1n) is 6.84. The summed E-state index contributed by atoms with van der Waals surface area (Å²) < 4.78 is 1.64. The summed E-state index contributed by atoms with van der Waals surface area (Å²) in [6, 6.07) is 5.89. The lowest BCUT2D eigenvalue weighted by molar-refractivity contribution is 0.654. The highest BCUT2D eigenvalue weighted by atomic mass is 16.1. The van der Waals surface area contributed by atoms with Crippen molar-refractivity contribution < 1.29 is 0 Å². The predicted octanol–water partition coefficient (Wildman–Crippen LogP) is 2.04. The second-order valence-electron chi connectivity index (χ2n) is 5.12. The van der Waals surface area contributed by atoms with E-state index in [2.05, 4.69) is 11.1 Å². The molecule has 0 unspecified atom stereocenters. The van der Waals surface area contributed by atoms with Crippen LogP contribution in [0.2, 0.25) is 0 Å². The van der Waals surface area contributed by atoms with Crippen molar-refractivity contribution >= 4 is 0 Å². The number of nitriles is 1. The lowest BCUT2D eigenvalue weighted by Crippen LogP contribution is -2.27. The van der Waals surface area contributed by atoms with Crippen LogP contribution in [0.25, 0.3) is 0 Å². The van der Waals surface area contributed by atoms with Gasteiger partial charge in [0.25, 0.3) is 5.56 Å². The maximum Gasteiger partial charge on any atom is 0.269 e. The molecule has 0 bridgehead atoms. The molecule has 20 heavy (non-hydrogen) atoms. The third-order valence-corrected chi connectivity index (χ3v) is 3.79. The highest BCUT2D eigenvalue weighted by Gasteiger charge is 2.18. The molecule has 0 spiro atoms. The van der Waals surface area contributed by atoms with Crippen LogP contribution in [0.5, 0.6) is 0 Å². The molecule has 1 aliphatic carbocycles. The van der Waals surface area contributed by atoms with E-state index < -0.39 is 0 Å². The predicted molar refractivity (Wildman–Crippen MR) is 75.4 cm³/mol. The van der Waals surface area contributed by atoms with Gasteiger partial charge in [0.2, 0.25) is 0 Å². The lowest BCUT2D eigenvalue weighted by Gasteiger charge is -2.18. The smallest absolute Gasteiger partial charge is 0.269 e. The van der Waals surface area contributed by atoms with Crippen LogP contribution >= 0.6 is 0 Å². The second kappa shape index (κ2) is 5.30. The van der Waals surface area contributed by atoms with Gasteiger partial charge in [-0.2, -0.15) is 5.26 Å². The van der Waals surface area contributed by atoms with Gasteiger partial charge in [0, 0.05) is 18.6 Å². The largest absolute Gasteiger partial charge is 0.310 e. The van der Waals surface area contributed by atoms with Crippen LogP contribution in [0.1, 0.15) is 35.1 Å².